The second kappa shape index (κ2) is 5.93. The van der Waals surface area contributed by atoms with E-state index in [2.05, 4.69) is 21.2 Å². The second-order valence-electron chi connectivity index (χ2n) is 4.04. The monoisotopic (exact) mass is 322 g/mol. The molecule has 0 aliphatic carbocycles. The average molecular weight is 323 g/mol. The lowest BCUT2D eigenvalue weighted by Gasteiger charge is -2.11. The Kier molecular flexibility index (Phi) is 4.27. The Morgan fingerprint density at radius 3 is 2.79 bits per heavy atom. The Morgan fingerprint density at radius 1 is 1.42 bits per heavy atom. The highest BCUT2D eigenvalue weighted by molar-refractivity contribution is 9.10. The molecule has 1 N–H and O–H groups in total. The first-order chi connectivity index (χ1) is 9.11. The van der Waals surface area contributed by atoms with Gasteiger partial charge in [-0.05, 0) is 41.1 Å². The Bertz CT molecular complexity index is 593. The molecule has 0 saturated carbocycles. The van der Waals surface area contributed by atoms with Crippen molar-refractivity contribution in [1.82, 2.24) is 4.57 Å². The minimum Gasteiger partial charge on any atom is -0.492 e. The third kappa shape index (κ3) is 3.17. The fourth-order valence-corrected chi connectivity index (χ4v) is 2.31. The summed E-state index contributed by atoms with van der Waals surface area (Å²) in [5.74, 6) is 0.506. The van der Waals surface area contributed by atoms with Gasteiger partial charge in [0.15, 0.2) is 0 Å². The molecule has 19 heavy (non-hydrogen) atoms. The summed E-state index contributed by atoms with van der Waals surface area (Å²) in [6, 6.07) is 9.17. The number of aryl methyl sites for hydroxylation is 1. The molecule has 0 unspecified atom stereocenters. The van der Waals surface area contributed by atoms with Gasteiger partial charge in [0.2, 0.25) is 0 Å². The molecule has 0 spiro atoms. The quantitative estimate of drug-likeness (QED) is 0.937. The summed E-state index contributed by atoms with van der Waals surface area (Å²) < 4.78 is 8.12. The van der Waals surface area contributed by atoms with Gasteiger partial charge in [0.1, 0.15) is 11.4 Å². The summed E-state index contributed by atoms with van der Waals surface area (Å²) in [4.78, 5) is 12.2. The number of halogens is 1. The summed E-state index contributed by atoms with van der Waals surface area (Å²) in [5.41, 5.74) is 1.25. The highest BCUT2D eigenvalue weighted by Gasteiger charge is 2.13. The molecule has 0 atom stereocenters. The van der Waals surface area contributed by atoms with Crippen molar-refractivity contribution in [1.29, 1.82) is 0 Å². The summed E-state index contributed by atoms with van der Waals surface area (Å²) >= 11 is 3.35. The first-order valence-electron chi connectivity index (χ1n) is 5.97. The van der Waals surface area contributed by atoms with Crippen molar-refractivity contribution < 1.29 is 9.53 Å². The van der Waals surface area contributed by atoms with E-state index in [0.29, 0.717) is 23.7 Å². The third-order valence-corrected chi connectivity index (χ3v) is 3.07. The van der Waals surface area contributed by atoms with E-state index in [4.69, 9.17) is 4.74 Å². The van der Waals surface area contributed by atoms with Gasteiger partial charge >= 0.3 is 0 Å². The van der Waals surface area contributed by atoms with Crippen LogP contribution in [0.4, 0.5) is 5.69 Å². The number of amides is 1. The van der Waals surface area contributed by atoms with Crippen molar-refractivity contribution in [2.75, 3.05) is 11.9 Å². The molecular formula is C14H15BrN2O2. The molecule has 0 aliphatic rings. The van der Waals surface area contributed by atoms with E-state index < -0.39 is 0 Å². The number of benzene rings is 1. The number of anilines is 1. The van der Waals surface area contributed by atoms with Gasteiger partial charge in [-0.25, -0.2) is 0 Å². The van der Waals surface area contributed by atoms with E-state index in [-0.39, 0.29) is 5.91 Å². The smallest absolute Gasteiger partial charge is 0.272 e. The highest BCUT2D eigenvalue weighted by Crippen LogP contribution is 2.24. The van der Waals surface area contributed by atoms with Gasteiger partial charge in [-0.2, -0.15) is 0 Å². The average Bonchev–Trinajstić information content (AvgIpc) is 2.71. The Balaban J connectivity index is 2.21. The maximum Gasteiger partial charge on any atom is 0.272 e. The Labute approximate surface area is 120 Å². The van der Waals surface area contributed by atoms with Crippen molar-refractivity contribution in [2.24, 2.45) is 7.05 Å². The molecule has 1 heterocycles. The van der Waals surface area contributed by atoms with Crippen LogP contribution in [0.1, 0.15) is 17.4 Å². The molecule has 4 nitrogen and oxygen atoms in total. The SMILES string of the molecule is CCOc1ccccc1NC(=O)c1cc(Br)cn1C. The van der Waals surface area contributed by atoms with Crippen LogP contribution >= 0.6 is 15.9 Å². The summed E-state index contributed by atoms with van der Waals surface area (Å²) in [5, 5.41) is 2.86. The number of ether oxygens (including phenoxy) is 1. The van der Waals surface area contributed by atoms with Gasteiger partial charge in [0.25, 0.3) is 5.91 Å². The van der Waals surface area contributed by atoms with Gasteiger partial charge < -0.3 is 14.6 Å². The molecule has 0 saturated heterocycles. The van der Waals surface area contributed by atoms with Crippen LogP contribution in [0, 0.1) is 0 Å². The number of aromatic nitrogens is 1. The maximum absolute atomic E-state index is 12.2. The van der Waals surface area contributed by atoms with Crippen LogP contribution in [0.2, 0.25) is 0 Å². The fraction of sp³-hybridized carbons (Fsp3) is 0.214. The lowest BCUT2D eigenvalue weighted by atomic mass is 10.2. The number of carbonyl (C=O) groups excluding carboxylic acids is 1. The zero-order chi connectivity index (χ0) is 13.8. The molecule has 5 heteroatoms. The first kappa shape index (κ1) is 13.7. The van der Waals surface area contributed by atoms with E-state index in [1.807, 2.05) is 44.4 Å². The highest BCUT2D eigenvalue weighted by atomic mass is 79.9. The van der Waals surface area contributed by atoms with Crippen LogP contribution in [0.15, 0.2) is 41.0 Å². The Morgan fingerprint density at radius 2 is 2.16 bits per heavy atom. The number of nitrogens with one attached hydrogen (secondary N) is 1. The van der Waals surface area contributed by atoms with Crippen LogP contribution in [0.3, 0.4) is 0 Å². The van der Waals surface area contributed by atoms with E-state index in [0.717, 1.165) is 4.47 Å². The molecule has 1 amide bonds. The van der Waals surface area contributed by atoms with Gasteiger partial charge in [-0.15, -0.1) is 0 Å². The standard InChI is InChI=1S/C14H15BrN2O2/c1-3-19-13-7-5-4-6-11(13)16-14(18)12-8-10(15)9-17(12)2/h4-9H,3H2,1-2H3,(H,16,18). The summed E-state index contributed by atoms with van der Waals surface area (Å²) in [7, 11) is 1.83. The topological polar surface area (TPSA) is 43.3 Å². The van der Waals surface area contributed by atoms with Crippen LogP contribution in [0.5, 0.6) is 5.75 Å². The number of rotatable bonds is 4. The fourth-order valence-electron chi connectivity index (χ4n) is 1.79. The van der Waals surface area contributed by atoms with E-state index >= 15 is 0 Å². The molecule has 0 fully saturated rings. The molecular weight excluding hydrogens is 308 g/mol. The van der Waals surface area contributed by atoms with Crippen molar-refractivity contribution in [2.45, 2.75) is 6.92 Å². The summed E-state index contributed by atoms with van der Waals surface area (Å²) in [6.45, 7) is 2.47. The zero-order valence-electron chi connectivity index (χ0n) is 10.8. The molecule has 1 aromatic heterocycles. The van der Waals surface area contributed by atoms with Crippen LogP contribution < -0.4 is 10.1 Å². The van der Waals surface area contributed by atoms with Crippen molar-refractivity contribution in [3.8, 4) is 5.75 Å². The molecule has 1 aromatic carbocycles. The maximum atomic E-state index is 12.2. The molecule has 0 bridgehead atoms. The minimum atomic E-state index is -0.166. The number of hydrogen-bond donors (Lipinski definition) is 1. The Hall–Kier alpha value is -1.75. The van der Waals surface area contributed by atoms with Crippen LogP contribution in [-0.4, -0.2) is 17.1 Å². The normalized spacial score (nSPS) is 10.3. The van der Waals surface area contributed by atoms with E-state index in [1.54, 1.807) is 10.6 Å². The molecule has 100 valence electrons. The van der Waals surface area contributed by atoms with Crippen molar-refractivity contribution in [3.63, 3.8) is 0 Å². The van der Waals surface area contributed by atoms with Crippen LogP contribution in [-0.2, 0) is 7.05 Å². The predicted octanol–water partition coefficient (Wildman–Crippen LogP) is 3.44. The predicted molar refractivity (Wildman–Crippen MR) is 78.7 cm³/mol. The first-order valence-corrected chi connectivity index (χ1v) is 6.76. The zero-order valence-corrected chi connectivity index (χ0v) is 12.4. The van der Waals surface area contributed by atoms with Gasteiger partial charge in [-0.3, -0.25) is 4.79 Å². The third-order valence-electron chi connectivity index (χ3n) is 2.64. The van der Waals surface area contributed by atoms with Crippen LogP contribution in [0.25, 0.3) is 0 Å². The molecule has 0 aliphatic heterocycles. The lowest BCUT2D eigenvalue weighted by Crippen LogP contribution is -2.16. The number of carbonyl (C=O) groups is 1. The summed E-state index contributed by atoms with van der Waals surface area (Å²) in [6.07, 6.45) is 1.84. The van der Waals surface area contributed by atoms with Gasteiger partial charge in [0, 0.05) is 17.7 Å². The second-order valence-corrected chi connectivity index (χ2v) is 4.95. The lowest BCUT2D eigenvalue weighted by molar-refractivity contribution is 0.101. The van der Waals surface area contributed by atoms with E-state index in [1.165, 1.54) is 0 Å². The number of nitrogens with zero attached hydrogens (tertiary/aromatic N) is 1. The van der Waals surface area contributed by atoms with Gasteiger partial charge in [0.05, 0.1) is 12.3 Å². The molecule has 2 aromatic rings. The largest absolute Gasteiger partial charge is 0.492 e. The molecule has 2 rings (SSSR count). The number of hydrogen-bond acceptors (Lipinski definition) is 2. The van der Waals surface area contributed by atoms with Gasteiger partial charge in [-0.1, -0.05) is 12.1 Å². The molecule has 0 radical (unpaired) electrons. The van der Waals surface area contributed by atoms with Crippen molar-refractivity contribution >= 4 is 27.5 Å². The minimum absolute atomic E-state index is 0.166. The number of para-hydroxylation sites is 2. The van der Waals surface area contributed by atoms with Crippen molar-refractivity contribution in [3.05, 3.63) is 46.7 Å². The van der Waals surface area contributed by atoms with E-state index in [9.17, 15) is 4.79 Å².